The number of carbonyl (C=O) groups excluding carboxylic acids is 1. The molecule has 2 aromatic carbocycles. The summed E-state index contributed by atoms with van der Waals surface area (Å²) in [4.78, 5) is 13.4. The van der Waals surface area contributed by atoms with Crippen LogP contribution in [-0.4, -0.2) is 25.3 Å². The number of hydrogen-bond acceptors (Lipinski definition) is 4. The van der Waals surface area contributed by atoms with Crippen LogP contribution in [0.5, 0.6) is 17.2 Å². The first-order valence-electron chi connectivity index (χ1n) is 14.3. The molecule has 0 aliphatic heterocycles. The third-order valence-electron chi connectivity index (χ3n) is 6.25. The Balaban J connectivity index is 0.00000760. The third kappa shape index (κ3) is 13.6. The SMILES string of the molecule is CCCCCCOc1cc(OCCCCCC)c(PC(=O)c2c(Cl)cccc2Cl)c(OCCCCCC)c1.[Li+]. The molecule has 2 aromatic rings. The predicted octanol–water partition coefficient (Wildman–Crippen LogP) is 7.02. The number of rotatable bonds is 21. The summed E-state index contributed by atoms with van der Waals surface area (Å²) in [5.74, 6) is 2.00. The second-order valence-corrected chi connectivity index (χ2v) is 11.6. The first-order chi connectivity index (χ1) is 18.5. The molecule has 0 aliphatic carbocycles. The van der Waals surface area contributed by atoms with Crippen molar-refractivity contribution < 1.29 is 37.9 Å². The molecule has 0 saturated heterocycles. The smallest absolute Gasteiger partial charge is 0.493 e. The van der Waals surface area contributed by atoms with Gasteiger partial charge in [-0.15, -0.1) is 0 Å². The first kappa shape index (κ1) is 36.1. The largest absolute Gasteiger partial charge is 1.00 e. The Morgan fingerprint density at radius 2 is 1.13 bits per heavy atom. The molecule has 1 atom stereocenters. The van der Waals surface area contributed by atoms with Crippen molar-refractivity contribution in [3.8, 4) is 17.2 Å². The zero-order valence-corrected chi connectivity index (χ0v) is 26.9. The number of carbonyl (C=O) groups is 1. The molecule has 0 spiro atoms. The normalized spacial score (nSPS) is 11.0. The Morgan fingerprint density at radius 3 is 1.56 bits per heavy atom. The fourth-order valence-electron chi connectivity index (χ4n) is 4.03. The second-order valence-electron chi connectivity index (χ2n) is 9.57. The fourth-order valence-corrected chi connectivity index (χ4v) is 5.92. The van der Waals surface area contributed by atoms with Gasteiger partial charge in [-0.25, -0.2) is 0 Å². The zero-order chi connectivity index (χ0) is 27.6. The summed E-state index contributed by atoms with van der Waals surface area (Å²) in [7, 11) is -0.244. The fraction of sp³-hybridized carbons (Fsp3) is 0.581. The van der Waals surface area contributed by atoms with Crippen LogP contribution in [0.3, 0.4) is 0 Å². The van der Waals surface area contributed by atoms with Crippen molar-refractivity contribution in [3.05, 3.63) is 45.9 Å². The summed E-state index contributed by atoms with van der Waals surface area (Å²) < 4.78 is 18.7. The molecule has 2 rings (SSSR count). The molecule has 4 nitrogen and oxygen atoms in total. The minimum absolute atomic E-state index is 0. The predicted molar refractivity (Wildman–Crippen MR) is 164 cm³/mol. The molecule has 39 heavy (non-hydrogen) atoms. The zero-order valence-electron chi connectivity index (χ0n) is 24.4. The van der Waals surface area contributed by atoms with E-state index in [1.807, 2.05) is 12.1 Å². The monoisotopic (exact) mass is 589 g/mol. The summed E-state index contributed by atoms with van der Waals surface area (Å²) in [6.45, 7) is 8.38. The molecule has 0 aliphatic rings. The summed E-state index contributed by atoms with van der Waals surface area (Å²) in [6.07, 6.45) is 13.3. The summed E-state index contributed by atoms with van der Waals surface area (Å²) in [6, 6.07) is 8.95. The molecule has 0 radical (unpaired) electrons. The maximum absolute atomic E-state index is 13.4. The number of hydrogen-bond donors (Lipinski definition) is 0. The molecule has 1 unspecified atom stereocenters. The van der Waals surface area contributed by atoms with E-state index in [9.17, 15) is 4.79 Å². The van der Waals surface area contributed by atoms with Gasteiger partial charge in [-0.3, -0.25) is 4.79 Å². The van der Waals surface area contributed by atoms with Gasteiger partial charge < -0.3 is 14.2 Å². The van der Waals surface area contributed by atoms with Crippen LogP contribution in [0.15, 0.2) is 30.3 Å². The van der Waals surface area contributed by atoms with Gasteiger partial charge >= 0.3 is 18.9 Å². The van der Waals surface area contributed by atoms with Crippen LogP contribution in [0.2, 0.25) is 10.0 Å². The van der Waals surface area contributed by atoms with E-state index >= 15 is 0 Å². The van der Waals surface area contributed by atoms with E-state index in [1.54, 1.807) is 18.2 Å². The van der Waals surface area contributed by atoms with Crippen LogP contribution in [0, 0.1) is 0 Å². The van der Waals surface area contributed by atoms with E-state index in [0.29, 0.717) is 52.7 Å². The summed E-state index contributed by atoms with van der Waals surface area (Å²) >= 11 is 12.7. The van der Waals surface area contributed by atoms with Crippen molar-refractivity contribution in [2.75, 3.05) is 19.8 Å². The van der Waals surface area contributed by atoms with E-state index in [4.69, 9.17) is 37.4 Å². The van der Waals surface area contributed by atoms with Gasteiger partial charge in [-0.05, 0) is 40.0 Å². The van der Waals surface area contributed by atoms with Gasteiger partial charge in [0, 0.05) is 12.1 Å². The molecular formula is C31H45Cl2LiO4P+. The number of ether oxygens (including phenoxy) is 3. The molecule has 0 N–H and O–H groups in total. The molecular weight excluding hydrogens is 545 g/mol. The Morgan fingerprint density at radius 1 is 0.692 bits per heavy atom. The molecule has 0 amide bonds. The molecule has 0 fully saturated rings. The van der Waals surface area contributed by atoms with E-state index in [2.05, 4.69) is 20.8 Å². The molecule has 0 saturated carbocycles. The van der Waals surface area contributed by atoms with Crippen LogP contribution < -0.4 is 38.4 Å². The minimum atomic E-state index is -0.244. The molecule has 212 valence electrons. The van der Waals surface area contributed by atoms with Gasteiger partial charge in [0.25, 0.3) is 0 Å². The first-order valence-corrected chi connectivity index (χ1v) is 16.1. The van der Waals surface area contributed by atoms with E-state index in [0.717, 1.165) is 56.7 Å². The Kier molecular flexibility index (Phi) is 20.2. The average molecular weight is 591 g/mol. The standard InChI is InChI=1S/C31H45Cl2O4P.Li/c1-4-7-10-13-19-35-24-22-27(36-20-14-11-8-5-2)30(28(23-24)37-21-15-12-9-6-3)38-31(34)29-25(32)17-16-18-26(29)33;/h16-18,22-23,38H,4-15,19-21H2,1-3H3;/q;+1. The number of unbranched alkanes of at least 4 members (excludes halogenated alkanes) is 9. The number of halogens is 2. The van der Waals surface area contributed by atoms with Crippen LogP contribution in [0.4, 0.5) is 0 Å². The van der Waals surface area contributed by atoms with Crippen LogP contribution in [-0.2, 0) is 0 Å². The van der Waals surface area contributed by atoms with Gasteiger partial charge in [0.05, 0.1) is 40.7 Å². The van der Waals surface area contributed by atoms with Crippen LogP contribution in [0.25, 0.3) is 0 Å². The average Bonchev–Trinajstić information content (AvgIpc) is 2.89. The third-order valence-corrected chi connectivity index (χ3v) is 8.10. The molecule has 0 aromatic heterocycles. The van der Waals surface area contributed by atoms with Gasteiger partial charge in [0.2, 0.25) is 0 Å². The van der Waals surface area contributed by atoms with Crippen molar-refractivity contribution in [3.63, 3.8) is 0 Å². The Labute approximate surface area is 260 Å². The second kappa shape index (κ2) is 21.8. The molecule has 8 heteroatoms. The Bertz CT molecular complexity index is 918. The van der Waals surface area contributed by atoms with Gasteiger partial charge in [-0.2, -0.15) is 0 Å². The minimum Gasteiger partial charge on any atom is -0.493 e. The van der Waals surface area contributed by atoms with E-state index in [-0.39, 0.29) is 33.0 Å². The van der Waals surface area contributed by atoms with Crippen molar-refractivity contribution in [2.24, 2.45) is 0 Å². The van der Waals surface area contributed by atoms with Crippen LogP contribution in [0.1, 0.15) is 108 Å². The van der Waals surface area contributed by atoms with E-state index < -0.39 is 0 Å². The Hall–Kier alpha value is -0.883. The quantitative estimate of drug-likeness (QED) is 0.0891. The maximum atomic E-state index is 13.4. The van der Waals surface area contributed by atoms with Crippen molar-refractivity contribution in [1.82, 2.24) is 0 Å². The van der Waals surface area contributed by atoms with Gasteiger partial charge in [-0.1, -0.05) is 108 Å². The van der Waals surface area contributed by atoms with Crippen molar-refractivity contribution in [1.29, 1.82) is 0 Å². The number of benzene rings is 2. The maximum Gasteiger partial charge on any atom is 1.00 e. The molecule has 0 heterocycles. The summed E-state index contributed by atoms with van der Waals surface area (Å²) in [5.41, 5.74) is 0.203. The van der Waals surface area contributed by atoms with Gasteiger partial charge in [0.15, 0.2) is 5.52 Å². The van der Waals surface area contributed by atoms with Crippen LogP contribution >= 0.6 is 31.8 Å². The van der Waals surface area contributed by atoms with Crippen molar-refractivity contribution >= 4 is 42.6 Å². The molecule has 0 bridgehead atoms. The summed E-state index contributed by atoms with van der Waals surface area (Å²) in [5, 5.41) is 1.45. The topological polar surface area (TPSA) is 44.8 Å². The van der Waals surface area contributed by atoms with Gasteiger partial charge in [0.1, 0.15) is 17.2 Å². The van der Waals surface area contributed by atoms with E-state index in [1.165, 1.54) is 25.7 Å². The van der Waals surface area contributed by atoms with Crippen molar-refractivity contribution in [2.45, 2.75) is 97.8 Å².